The lowest BCUT2D eigenvalue weighted by Crippen LogP contribution is -2.42. The molecule has 31 heavy (non-hydrogen) atoms. The molecule has 0 spiro atoms. The van der Waals surface area contributed by atoms with E-state index < -0.39 is 15.9 Å². The minimum Gasteiger partial charge on any atom is -0.298 e. The number of nitrogens with zero attached hydrogens (tertiary/aromatic N) is 3. The van der Waals surface area contributed by atoms with Crippen LogP contribution in [0.4, 0.5) is 5.13 Å². The van der Waals surface area contributed by atoms with E-state index >= 15 is 0 Å². The van der Waals surface area contributed by atoms with Crippen LogP contribution in [0.3, 0.4) is 0 Å². The average molecular weight is 457 g/mol. The summed E-state index contributed by atoms with van der Waals surface area (Å²) in [4.78, 5) is 21.5. The summed E-state index contributed by atoms with van der Waals surface area (Å²) in [6.45, 7) is 5.13. The maximum absolute atomic E-state index is 13.1. The first-order chi connectivity index (χ1) is 14.8. The quantitative estimate of drug-likeness (QED) is 0.623. The molecule has 0 bridgehead atoms. The summed E-state index contributed by atoms with van der Waals surface area (Å²) in [6, 6.07) is 11.7. The lowest BCUT2D eigenvalue weighted by Gasteiger charge is -2.34. The highest BCUT2D eigenvalue weighted by Crippen LogP contribution is 2.28. The molecule has 1 aliphatic rings. The normalized spacial score (nSPS) is 19.8. The van der Waals surface area contributed by atoms with Gasteiger partial charge in [-0.05, 0) is 48.6 Å². The molecule has 0 saturated carbocycles. The van der Waals surface area contributed by atoms with E-state index in [0.29, 0.717) is 35.8 Å². The SMILES string of the molecule is CC1CC(C)CN(S(=O)(=O)c2cccc(C(=O)Nc3nc(-c4ccccn4)cs3)c2)C1. The van der Waals surface area contributed by atoms with Gasteiger partial charge in [-0.2, -0.15) is 4.31 Å². The molecule has 2 unspecified atom stereocenters. The highest BCUT2D eigenvalue weighted by atomic mass is 32.2. The number of hydrogen-bond donors (Lipinski definition) is 1. The predicted molar refractivity (Wildman–Crippen MR) is 121 cm³/mol. The molecule has 1 fully saturated rings. The molecule has 4 rings (SSSR count). The van der Waals surface area contributed by atoms with Crippen LogP contribution >= 0.6 is 11.3 Å². The molecule has 1 N–H and O–H groups in total. The van der Waals surface area contributed by atoms with Gasteiger partial charge in [0.05, 0.1) is 10.6 Å². The van der Waals surface area contributed by atoms with Crippen LogP contribution in [0.5, 0.6) is 0 Å². The van der Waals surface area contributed by atoms with Gasteiger partial charge in [0, 0.05) is 30.2 Å². The summed E-state index contributed by atoms with van der Waals surface area (Å²) in [7, 11) is -3.66. The Labute approximate surface area is 186 Å². The monoisotopic (exact) mass is 456 g/mol. The van der Waals surface area contributed by atoms with Gasteiger partial charge in [0.1, 0.15) is 5.69 Å². The standard InChI is InChI=1S/C22H24N4O3S2/c1-15-10-16(2)13-26(12-15)31(28,29)18-7-5-6-17(11-18)21(27)25-22-24-20(14-30-22)19-8-3-4-9-23-19/h3-9,11,14-16H,10,12-13H2,1-2H3,(H,24,25,27). The molecule has 3 aromatic rings. The number of carbonyl (C=O) groups excluding carboxylic acids is 1. The van der Waals surface area contributed by atoms with E-state index in [0.717, 1.165) is 12.1 Å². The van der Waals surface area contributed by atoms with E-state index in [9.17, 15) is 13.2 Å². The topological polar surface area (TPSA) is 92.3 Å². The second kappa shape index (κ2) is 8.86. The van der Waals surface area contributed by atoms with Crippen LogP contribution in [-0.2, 0) is 10.0 Å². The van der Waals surface area contributed by atoms with Gasteiger partial charge in [0.15, 0.2) is 5.13 Å². The van der Waals surface area contributed by atoms with E-state index in [1.54, 1.807) is 24.4 Å². The van der Waals surface area contributed by atoms with Crippen LogP contribution in [0.1, 0.15) is 30.6 Å². The number of amides is 1. The molecule has 0 radical (unpaired) electrons. The van der Waals surface area contributed by atoms with Crippen LogP contribution < -0.4 is 5.32 Å². The van der Waals surface area contributed by atoms with Gasteiger partial charge >= 0.3 is 0 Å². The van der Waals surface area contributed by atoms with Crippen molar-refractivity contribution in [1.29, 1.82) is 0 Å². The highest BCUT2D eigenvalue weighted by Gasteiger charge is 2.32. The summed E-state index contributed by atoms with van der Waals surface area (Å²) in [6.07, 6.45) is 2.70. The third kappa shape index (κ3) is 4.84. The van der Waals surface area contributed by atoms with Crippen LogP contribution in [0.2, 0.25) is 0 Å². The van der Waals surface area contributed by atoms with Gasteiger partial charge in [0.2, 0.25) is 10.0 Å². The molecule has 7 nitrogen and oxygen atoms in total. The maximum atomic E-state index is 13.1. The Kier molecular flexibility index (Phi) is 6.17. The Balaban J connectivity index is 1.52. The molecular formula is C22H24N4O3S2. The Morgan fingerprint density at radius 3 is 2.58 bits per heavy atom. The van der Waals surface area contributed by atoms with Crippen molar-refractivity contribution in [3.8, 4) is 11.4 Å². The van der Waals surface area contributed by atoms with Crippen LogP contribution in [0.15, 0.2) is 58.9 Å². The summed E-state index contributed by atoms with van der Waals surface area (Å²) >= 11 is 1.29. The molecule has 2 atom stereocenters. The molecule has 1 saturated heterocycles. The third-order valence-corrected chi connectivity index (χ3v) is 7.81. The fourth-order valence-electron chi connectivity index (χ4n) is 3.88. The van der Waals surface area contributed by atoms with E-state index in [2.05, 4.69) is 29.1 Å². The number of sulfonamides is 1. The fourth-order valence-corrected chi connectivity index (χ4v) is 6.31. The molecule has 1 amide bonds. The van der Waals surface area contributed by atoms with Gasteiger partial charge in [-0.1, -0.05) is 26.0 Å². The Hall–Kier alpha value is -2.62. The minimum absolute atomic E-state index is 0.134. The number of rotatable bonds is 5. The first-order valence-electron chi connectivity index (χ1n) is 10.1. The van der Waals surface area contributed by atoms with Crippen LogP contribution in [-0.4, -0.2) is 41.7 Å². The molecule has 3 heterocycles. The molecule has 0 aliphatic carbocycles. The molecule has 9 heteroatoms. The lowest BCUT2D eigenvalue weighted by molar-refractivity contribution is 0.102. The number of benzene rings is 1. The number of hydrogen-bond acceptors (Lipinski definition) is 6. The van der Waals surface area contributed by atoms with Crippen molar-refractivity contribution < 1.29 is 13.2 Å². The first kappa shape index (κ1) is 21.6. The summed E-state index contributed by atoms with van der Waals surface area (Å²) in [5.74, 6) is 0.214. The summed E-state index contributed by atoms with van der Waals surface area (Å²) in [5, 5.41) is 5.00. The number of thiazole rings is 1. The maximum Gasteiger partial charge on any atom is 0.257 e. The minimum atomic E-state index is -3.66. The zero-order valence-electron chi connectivity index (χ0n) is 17.4. The lowest BCUT2D eigenvalue weighted by atomic mass is 9.94. The van der Waals surface area contributed by atoms with Crippen molar-refractivity contribution >= 4 is 32.4 Å². The largest absolute Gasteiger partial charge is 0.298 e. The van der Waals surface area contributed by atoms with Gasteiger partial charge in [-0.3, -0.25) is 15.1 Å². The smallest absolute Gasteiger partial charge is 0.257 e. The Bertz CT molecular complexity index is 1170. The number of aromatic nitrogens is 2. The molecule has 2 aromatic heterocycles. The van der Waals surface area contributed by atoms with Crippen molar-refractivity contribution in [3.05, 3.63) is 59.6 Å². The second-order valence-corrected chi connectivity index (χ2v) is 10.8. The van der Waals surface area contributed by atoms with Gasteiger partial charge in [-0.15, -0.1) is 11.3 Å². The first-order valence-corrected chi connectivity index (χ1v) is 12.4. The molecular weight excluding hydrogens is 432 g/mol. The van der Waals surface area contributed by atoms with E-state index in [1.807, 2.05) is 23.6 Å². The van der Waals surface area contributed by atoms with Crippen molar-refractivity contribution in [2.24, 2.45) is 11.8 Å². The van der Waals surface area contributed by atoms with Crippen LogP contribution in [0, 0.1) is 11.8 Å². The Morgan fingerprint density at radius 1 is 1.10 bits per heavy atom. The van der Waals surface area contributed by atoms with Crippen molar-refractivity contribution in [2.75, 3.05) is 18.4 Å². The second-order valence-electron chi connectivity index (χ2n) is 8.00. The van der Waals surface area contributed by atoms with E-state index in [4.69, 9.17) is 0 Å². The van der Waals surface area contributed by atoms with Gasteiger partial charge in [-0.25, -0.2) is 13.4 Å². The third-order valence-electron chi connectivity index (χ3n) is 5.22. The fraction of sp³-hybridized carbons (Fsp3) is 0.318. The predicted octanol–water partition coefficient (Wildman–Crippen LogP) is 4.12. The summed E-state index contributed by atoms with van der Waals surface area (Å²) < 4.78 is 27.8. The van der Waals surface area contributed by atoms with Crippen molar-refractivity contribution in [2.45, 2.75) is 25.2 Å². The number of anilines is 1. The van der Waals surface area contributed by atoms with E-state index in [1.165, 1.54) is 21.7 Å². The Morgan fingerprint density at radius 2 is 1.87 bits per heavy atom. The number of pyridine rings is 1. The zero-order valence-corrected chi connectivity index (χ0v) is 19.0. The number of carbonyl (C=O) groups is 1. The summed E-state index contributed by atoms with van der Waals surface area (Å²) in [5.41, 5.74) is 1.66. The molecule has 1 aromatic carbocycles. The molecule has 162 valence electrons. The van der Waals surface area contributed by atoms with Gasteiger partial charge in [0.25, 0.3) is 5.91 Å². The molecule has 1 aliphatic heterocycles. The van der Waals surface area contributed by atoms with Crippen molar-refractivity contribution in [3.63, 3.8) is 0 Å². The number of piperidine rings is 1. The highest BCUT2D eigenvalue weighted by molar-refractivity contribution is 7.89. The van der Waals surface area contributed by atoms with Gasteiger partial charge < -0.3 is 0 Å². The average Bonchev–Trinajstić information content (AvgIpc) is 3.22. The van der Waals surface area contributed by atoms with Crippen molar-refractivity contribution in [1.82, 2.24) is 14.3 Å². The van der Waals surface area contributed by atoms with Crippen LogP contribution in [0.25, 0.3) is 11.4 Å². The van der Waals surface area contributed by atoms with E-state index in [-0.39, 0.29) is 10.5 Å². The zero-order chi connectivity index (χ0) is 22.0. The number of nitrogens with one attached hydrogen (secondary N) is 1.